The SMILES string of the molecule is Cc1cc(N(CCNc2ccnc3cc(Cl)ccc23)Cc2ccco2)nc(N2CCOCC2)n1. The minimum absolute atomic E-state index is 0.611. The monoisotopic (exact) mass is 478 g/mol. The molecule has 0 unspecified atom stereocenters. The molecule has 1 saturated heterocycles. The average Bonchev–Trinajstić information content (AvgIpc) is 3.37. The second-order valence-corrected chi connectivity index (χ2v) is 8.65. The number of pyridine rings is 1. The van der Waals surface area contributed by atoms with E-state index in [4.69, 9.17) is 25.7 Å². The number of hydrogen-bond donors (Lipinski definition) is 1. The number of nitrogens with zero attached hydrogens (tertiary/aromatic N) is 5. The lowest BCUT2D eigenvalue weighted by molar-refractivity contribution is 0.122. The van der Waals surface area contributed by atoms with Gasteiger partial charge in [-0.3, -0.25) is 4.98 Å². The summed E-state index contributed by atoms with van der Waals surface area (Å²) >= 11 is 6.14. The van der Waals surface area contributed by atoms with Crippen molar-refractivity contribution in [1.29, 1.82) is 0 Å². The Bertz CT molecular complexity index is 1240. The molecule has 0 radical (unpaired) electrons. The lowest BCUT2D eigenvalue weighted by Crippen LogP contribution is -2.38. The molecule has 1 fully saturated rings. The number of aryl methyl sites for hydroxylation is 1. The molecule has 0 saturated carbocycles. The maximum Gasteiger partial charge on any atom is 0.227 e. The number of fused-ring (bicyclic) bond motifs is 1. The topological polar surface area (TPSA) is 79.5 Å². The van der Waals surface area contributed by atoms with Gasteiger partial charge in [0.05, 0.1) is 31.5 Å². The van der Waals surface area contributed by atoms with E-state index in [0.29, 0.717) is 31.3 Å². The predicted octanol–water partition coefficient (Wildman–Crippen LogP) is 4.53. The van der Waals surface area contributed by atoms with E-state index in [0.717, 1.165) is 59.4 Å². The summed E-state index contributed by atoms with van der Waals surface area (Å²) < 4.78 is 11.1. The number of anilines is 3. The van der Waals surface area contributed by atoms with E-state index in [1.807, 2.05) is 49.4 Å². The van der Waals surface area contributed by atoms with Gasteiger partial charge in [0.1, 0.15) is 11.6 Å². The van der Waals surface area contributed by atoms with Gasteiger partial charge in [0.2, 0.25) is 5.95 Å². The fraction of sp³-hybridized carbons (Fsp3) is 0.320. The quantitative estimate of drug-likeness (QED) is 0.395. The van der Waals surface area contributed by atoms with Crippen molar-refractivity contribution < 1.29 is 9.15 Å². The van der Waals surface area contributed by atoms with Crippen LogP contribution in [0, 0.1) is 6.92 Å². The first-order valence-corrected chi connectivity index (χ1v) is 11.8. The number of rotatable bonds is 8. The molecule has 3 aromatic heterocycles. The Kier molecular flexibility index (Phi) is 6.78. The van der Waals surface area contributed by atoms with E-state index in [-0.39, 0.29) is 0 Å². The van der Waals surface area contributed by atoms with Gasteiger partial charge in [0, 0.05) is 60.2 Å². The van der Waals surface area contributed by atoms with Crippen LogP contribution in [0.1, 0.15) is 11.5 Å². The van der Waals surface area contributed by atoms with Crippen LogP contribution in [-0.2, 0) is 11.3 Å². The molecule has 0 amide bonds. The average molecular weight is 479 g/mol. The van der Waals surface area contributed by atoms with E-state index in [1.165, 1.54) is 0 Å². The Morgan fingerprint density at radius 2 is 2.00 bits per heavy atom. The van der Waals surface area contributed by atoms with E-state index < -0.39 is 0 Å². The van der Waals surface area contributed by atoms with Crippen LogP contribution in [0.25, 0.3) is 10.9 Å². The van der Waals surface area contributed by atoms with Crippen LogP contribution < -0.4 is 15.1 Å². The summed E-state index contributed by atoms with van der Waals surface area (Å²) in [5.74, 6) is 2.50. The standard InChI is InChI=1S/C25H27ClN6O2/c1-18-15-24(30-25(29-18)31-10-13-33-14-11-31)32(17-20-3-2-12-34-20)9-8-28-22-6-7-27-23-16-19(26)4-5-21(22)23/h2-7,12,15-16H,8-11,13-14,17H2,1H3,(H,27,28). The molecule has 0 aliphatic carbocycles. The van der Waals surface area contributed by atoms with Gasteiger partial charge >= 0.3 is 0 Å². The molecule has 0 atom stereocenters. The van der Waals surface area contributed by atoms with Crippen LogP contribution in [0.5, 0.6) is 0 Å². The summed E-state index contributed by atoms with van der Waals surface area (Å²) in [6, 6.07) is 13.7. The minimum Gasteiger partial charge on any atom is -0.467 e. The third kappa shape index (κ3) is 5.24. The minimum atomic E-state index is 0.611. The number of halogens is 1. The molecule has 1 aromatic carbocycles. The summed E-state index contributed by atoms with van der Waals surface area (Å²) in [4.78, 5) is 18.4. The molecule has 8 nitrogen and oxygen atoms in total. The molecular formula is C25H27ClN6O2. The highest BCUT2D eigenvalue weighted by atomic mass is 35.5. The van der Waals surface area contributed by atoms with Gasteiger partial charge in [-0.25, -0.2) is 4.98 Å². The van der Waals surface area contributed by atoms with Crippen molar-refractivity contribution in [2.45, 2.75) is 13.5 Å². The first-order valence-electron chi connectivity index (χ1n) is 11.4. The van der Waals surface area contributed by atoms with E-state index in [1.54, 1.807) is 12.5 Å². The van der Waals surface area contributed by atoms with E-state index in [9.17, 15) is 0 Å². The first kappa shape index (κ1) is 22.4. The highest BCUT2D eigenvalue weighted by Crippen LogP contribution is 2.25. The second kappa shape index (κ2) is 10.3. The van der Waals surface area contributed by atoms with Crippen LogP contribution >= 0.6 is 11.6 Å². The summed E-state index contributed by atoms with van der Waals surface area (Å²) in [7, 11) is 0. The fourth-order valence-corrected chi connectivity index (χ4v) is 4.24. The molecule has 0 bridgehead atoms. The molecule has 1 aliphatic heterocycles. The number of furan rings is 1. The summed E-state index contributed by atoms with van der Waals surface area (Å²) in [6.07, 6.45) is 3.49. The van der Waals surface area contributed by atoms with Crippen LogP contribution in [-0.4, -0.2) is 54.3 Å². The Balaban J connectivity index is 1.36. The molecule has 4 aromatic rings. The van der Waals surface area contributed by atoms with Crippen molar-refractivity contribution >= 4 is 40.0 Å². The van der Waals surface area contributed by atoms with Crippen LogP contribution in [0.4, 0.5) is 17.5 Å². The molecule has 4 heterocycles. The molecule has 5 rings (SSSR count). The van der Waals surface area contributed by atoms with Crippen molar-refractivity contribution in [1.82, 2.24) is 15.0 Å². The van der Waals surface area contributed by atoms with Gasteiger partial charge in [0.25, 0.3) is 0 Å². The van der Waals surface area contributed by atoms with Crippen LogP contribution in [0.2, 0.25) is 5.02 Å². The summed E-state index contributed by atoms with van der Waals surface area (Å²) in [6.45, 7) is 7.02. The largest absolute Gasteiger partial charge is 0.467 e. The Morgan fingerprint density at radius 1 is 1.12 bits per heavy atom. The molecule has 176 valence electrons. The Hall–Kier alpha value is -3.36. The molecule has 1 aliphatic rings. The molecular weight excluding hydrogens is 452 g/mol. The van der Waals surface area contributed by atoms with Crippen molar-refractivity contribution in [3.8, 4) is 0 Å². The normalized spacial score (nSPS) is 13.9. The summed E-state index contributed by atoms with van der Waals surface area (Å²) in [5, 5.41) is 5.27. The number of benzene rings is 1. The van der Waals surface area contributed by atoms with E-state index in [2.05, 4.69) is 25.1 Å². The van der Waals surface area contributed by atoms with Gasteiger partial charge in [-0.1, -0.05) is 11.6 Å². The molecule has 0 spiro atoms. The van der Waals surface area contributed by atoms with Gasteiger partial charge in [0.15, 0.2) is 0 Å². The van der Waals surface area contributed by atoms with Crippen molar-refractivity contribution in [3.63, 3.8) is 0 Å². The molecule has 34 heavy (non-hydrogen) atoms. The third-order valence-corrected chi connectivity index (χ3v) is 6.01. The second-order valence-electron chi connectivity index (χ2n) is 8.21. The highest BCUT2D eigenvalue weighted by molar-refractivity contribution is 6.31. The van der Waals surface area contributed by atoms with E-state index >= 15 is 0 Å². The third-order valence-electron chi connectivity index (χ3n) is 5.78. The number of hydrogen-bond acceptors (Lipinski definition) is 8. The lowest BCUT2D eigenvalue weighted by Gasteiger charge is -2.29. The van der Waals surface area contributed by atoms with Crippen LogP contribution in [0.15, 0.2) is 59.3 Å². The highest BCUT2D eigenvalue weighted by Gasteiger charge is 2.18. The van der Waals surface area contributed by atoms with Gasteiger partial charge < -0.3 is 24.3 Å². The van der Waals surface area contributed by atoms with Gasteiger partial charge in [-0.2, -0.15) is 4.98 Å². The maximum absolute atomic E-state index is 6.14. The number of nitrogens with one attached hydrogen (secondary N) is 1. The lowest BCUT2D eigenvalue weighted by atomic mass is 10.2. The number of aromatic nitrogens is 3. The number of morpholine rings is 1. The number of ether oxygens (including phenoxy) is 1. The Labute approximate surface area is 203 Å². The predicted molar refractivity (Wildman–Crippen MR) is 135 cm³/mol. The van der Waals surface area contributed by atoms with Crippen molar-refractivity contribution in [2.24, 2.45) is 0 Å². The zero-order chi connectivity index (χ0) is 23.3. The van der Waals surface area contributed by atoms with Crippen molar-refractivity contribution in [3.05, 3.63) is 71.4 Å². The van der Waals surface area contributed by atoms with Gasteiger partial charge in [-0.05, 0) is 43.3 Å². The molecule has 9 heteroatoms. The van der Waals surface area contributed by atoms with Gasteiger partial charge in [-0.15, -0.1) is 0 Å². The summed E-state index contributed by atoms with van der Waals surface area (Å²) in [5.41, 5.74) is 2.82. The Morgan fingerprint density at radius 3 is 2.82 bits per heavy atom. The smallest absolute Gasteiger partial charge is 0.227 e. The first-order chi connectivity index (χ1) is 16.7. The van der Waals surface area contributed by atoms with Crippen LogP contribution in [0.3, 0.4) is 0 Å². The maximum atomic E-state index is 6.14. The van der Waals surface area contributed by atoms with Crippen molar-refractivity contribution in [2.75, 3.05) is 54.5 Å². The fourth-order valence-electron chi connectivity index (χ4n) is 4.07. The molecule has 1 N–H and O–H groups in total. The zero-order valence-corrected chi connectivity index (χ0v) is 19.8. The zero-order valence-electron chi connectivity index (χ0n) is 19.1.